The van der Waals surface area contributed by atoms with Gasteiger partial charge in [-0.25, -0.2) is 0 Å². The van der Waals surface area contributed by atoms with Gasteiger partial charge in [0, 0.05) is 12.3 Å². The third kappa shape index (κ3) is 4.81. The van der Waals surface area contributed by atoms with Gasteiger partial charge in [0.2, 0.25) is 0 Å². The van der Waals surface area contributed by atoms with E-state index in [1.165, 1.54) is 4.90 Å². The second kappa shape index (κ2) is 4.60. The molecule has 6 heteroatoms. The average molecular weight is 212 g/mol. The van der Waals surface area contributed by atoms with E-state index < -0.39 is 13.4 Å². The van der Waals surface area contributed by atoms with Gasteiger partial charge in [-0.15, -0.1) is 0 Å². The van der Waals surface area contributed by atoms with Crippen LogP contribution in [0.1, 0.15) is 6.92 Å². The largest absolute Gasteiger partial charge is 0.492 e. The summed E-state index contributed by atoms with van der Waals surface area (Å²) in [5, 5.41) is 0. The van der Waals surface area contributed by atoms with E-state index in [1.807, 2.05) is 6.92 Å². The van der Waals surface area contributed by atoms with Crippen LogP contribution in [-0.2, 0) is 0 Å². The fraction of sp³-hybridized carbons (Fsp3) is 1.00. The topological polar surface area (TPSA) is 3.24 Å². The molecule has 0 amide bonds. The lowest BCUT2D eigenvalue weighted by Gasteiger charge is -2.27. The lowest BCUT2D eigenvalue weighted by molar-refractivity contribution is 0.270. The summed E-state index contributed by atoms with van der Waals surface area (Å²) in [5.41, 5.74) is 0. The minimum atomic E-state index is -4.65. The Balaban J connectivity index is 2.39. The third-order valence-electron chi connectivity index (χ3n) is 1.99. The molecule has 1 nitrogen and oxygen atoms in total. The van der Waals surface area contributed by atoms with Gasteiger partial charge in [-0.05, 0) is 24.7 Å². The summed E-state index contributed by atoms with van der Waals surface area (Å²) >= 11 is 1.75. The molecule has 1 aliphatic heterocycles. The molecule has 0 aromatic heterocycles. The molecule has 13 heavy (non-hydrogen) atoms. The number of halogens is 3. The van der Waals surface area contributed by atoms with Crippen molar-refractivity contribution in [1.82, 2.24) is 4.90 Å². The summed E-state index contributed by atoms with van der Waals surface area (Å²) in [6, 6.07) is 0. The van der Waals surface area contributed by atoms with Crippen molar-refractivity contribution in [3.05, 3.63) is 0 Å². The minimum absolute atomic E-state index is 0.380. The van der Waals surface area contributed by atoms with Gasteiger partial charge in [-0.1, -0.05) is 6.92 Å². The van der Waals surface area contributed by atoms with Crippen LogP contribution < -0.4 is 0 Å². The maximum atomic E-state index is 12.1. The van der Waals surface area contributed by atoms with Crippen LogP contribution in [0.25, 0.3) is 0 Å². The van der Waals surface area contributed by atoms with Crippen molar-refractivity contribution < 1.29 is 12.9 Å². The Morgan fingerprint density at radius 3 is 2.77 bits per heavy atom. The van der Waals surface area contributed by atoms with Gasteiger partial charge in [-0.2, -0.15) is 11.8 Å². The van der Waals surface area contributed by atoms with Crippen molar-refractivity contribution in [3.8, 4) is 0 Å². The second-order valence-corrected chi connectivity index (χ2v) is 4.80. The molecule has 1 aliphatic rings. The molecule has 0 bridgehead atoms. The normalized spacial score (nSPS) is 27.2. The van der Waals surface area contributed by atoms with E-state index in [9.17, 15) is 12.9 Å². The molecule has 1 heterocycles. The Morgan fingerprint density at radius 1 is 1.46 bits per heavy atom. The highest BCUT2D eigenvalue weighted by Gasteiger charge is 2.27. The molecule has 1 rings (SSSR count). The number of rotatable bonds is 2. The van der Waals surface area contributed by atoms with Gasteiger partial charge < -0.3 is 17.8 Å². The van der Waals surface area contributed by atoms with E-state index in [2.05, 4.69) is 0 Å². The first-order chi connectivity index (χ1) is 5.97. The molecule has 0 radical (unpaired) electrons. The van der Waals surface area contributed by atoms with Crippen molar-refractivity contribution in [3.63, 3.8) is 0 Å². The monoisotopic (exact) mass is 212 g/mol. The molecule has 0 aliphatic carbocycles. The minimum Gasteiger partial charge on any atom is -0.448 e. The zero-order chi connectivity index (χ0) is 9.90. The number of hydrogen-bond donors (Lipinski definition) is 0. The van der Waals surface area contributed by atoms with E-state index in [0.29, 0.717) is 19.0 Å². The Morgan fingerprint density at radius 2 is 2.15 bits per heavy atom. The standard InChI is InChI=1S/C7H14BF3NS/c1-7-4-12(2-3-13-5-7)6-8(9,10)11/h7H,2-6H2,1H3/q-1. The molecule has 0 aromatic rings. The van der Waals surface area contributed by atoms with Crippen LogP contribution in [0.5, 0.6) is 0 Å². The predicted octanol–water partition coefficient (Wildman–Crippen LogP) is 2.06. The van der Waals surface area contributed by atoms with Crippen LogP contribution in [-0.4, -0.2) is 42.9 Å². The molecule has 0 saturated carbocycles. The van der Waals surface area contributed by atoms with E-state index in [-0.39, 0.29) is 0 Å². The van der Waals surface area contributed by atoms with Gasteiger partial charge in [0.05, 0.1) is 0 Å². The SMILES string of the molecule is CC1CSCCN(C[B-](F)(F)F)C1. The van der Waals surface area contributed by atoms with Crippen LogP contribution in [0, 0.1) is 5.92 Å². The molecule has 1 fully saturated rings. The number of hydrogen-bond acceptors (Lipinski definition) is 2. The molecule has 0 N–H and O–H groups in total. The summed E-state index contributed by atoms with van der Waals surface area (Å²) in [5.74, 6) is 2.20. The maximum absolute atomic E-state index is 12.1. The first kappa shape index (κ1) is 11.2. The molecule has 0 aromatic carbocycles. The second-order valence-electron chi connectivity index (χ2n) is 3.65. The summed E-state index contributed by atoms with van der Waals surface area (Å²) in [4.78, 5) is 1.53. The molecule has 1 saturated heterocycles. The smallest absolute Gasteiger partial charge is 0.448 e. The summed E-state index contributed by atoms with van der Waals surface area (Å²) in [7, 11) is 0. The summed E-state index contributed by atoms with van der Waals surface area (Å²) in [6.45, 7) is -1.47. The highest BCUT2D eigenvalue weighted by Crippen LogP contribution is 2.18. The predicted molar refractivity (Wildman–Crippen MR) is 52.0 cm³/mol. The Bertz CT molecular complexity index is 164. The van der Waals surface area contributed by atoms with Crippen LogP contribution >= 0.6 is 11.8 Å². The number of thioether (sulfide) groups is 1. The lowest BCUT2D eigenvalue weighted by Crippen LogP contribution is -2.40. The highest BCUT2D eigenvalue weighted by atomic mass is 32.2. The Hall–Kier alpha value is 0.165. The van der Waals surface area contributed by atoms with Gasteiger partial charge in [0.1, 0.15) is 0 Å². The first-order valence-corrected chi connectivity index (χ1v) is 5.64. The number of nitrogens with zero attached hydrogens (tertiary/aromatic N) is 1. The van der Waals surface area contributed by atoms with E-state index in [1.54, 1.807) is 11.8 Å². The van der Waals surface area contributed by atoms with Gasteiger partial charge in [0.25, 0.3) is 0 Å². The summed E-state index contributed by atoms with van der Waals surface area (Å²) in [6.07, 6.45) is -0.690. The van der Waals surface area contributed by atoms with Crippen molar-refractivity contribution in [2.24, 2.45) is 5.92 Å². The van der Waals surface area contributed by atoms with Crippen molar-refractivity contribution >= 4 is 18.7 Å². The molecule has 1 unspecified atom stereocenters. The van der Waals surface area contributed by atoms with Gasteiger partial charge in [0.15, 0.2) is 0 Å². The third-order valence-corrected chi connectivity index (χ3v) is 3.27. The lowest BCUT2D eigenvalue weighted by atomic mass is 9.91. The van der Waals surface area contributed by atoms with Gasteiger partial charge >= 0.3 is 6.98 Å². The molecule has 1 atom stereocenters. The Labute approximate surface area is 81.1 Å². The van der Waals surface area contributed by atoms with Crippen LogP contribution in [0.2, 0.25) is 0 Å². The van der Waals surface area contributed by atoms with E-state index in [0.717, 1.165) is 11.5 Å². The van der Waals surface area contributed by atoms with Crippen molar-refractivity contribution in [1.29, 1.82) is 0 Å². The zero-order valence-electron chi connectivity index (χ0n) is 7.68. The van der Waals surface area contributed by atoms with E-state index in [4.69, 9.17) is 0 Å². The molecular formula is C7H14BF3NS-. The fourth-order valence-corrected chi connectivity index (χ4v) is 2.58. The van der Waals surface area contributed by atoms with Crippen LogP contribution in [0.3, 0.4) is 0 Å². The Kier molecular flexibility index (Phi) is 3.97. The summed E-state index contributed by atoms with van der Waals surface area (Å²) < 4.78 is 36.3. The van der Waals surface area contributed by atoms with Crippen molar-refractivity contribution in [2.45, 2.75) is 6.92 Å². The van der Waals surface area contributed by atoms with E-state index >= 15 is 0 Å². The molecule has 78 valence electrons. The molecule has 0 spiro atoms. The maximum Gasteiger partial charge on any atom is 0.492 e. The zero-order valence-corrected chi connectivity index (χ0v) is 8.50. The first-order valence-electron chi connectivity index (χ1n) is 4.48. The molecular weight excluding hydrogens is 198 g/mol. The highest BCUT2D eigenvalue weighted by molar-refractivity contribution is 7.99. The fourth-order valence-electron chi connectivity index (χ4n) is 1.52. The van der Waals surface area contributed by atoms with Crippen LogP contribution in [0.15, 0.2) is 0 Å². The average Bonchev–Trinajstić information content (AvgIpc) is 2.10. The van der Waals surface area contributed by atoms with Gasteiger partial charge in [-0.3, -0.25) is 0 Å². The van der Waals surface area contributed by atoms with Crippen molar-refractivity contribution in [2.75, 3.05) is 31.0 Å². The van der Waals surface area contributed by atoms with Crippen LogP contribution in [0.4, 0.5) is 12.9 Å². The quantitative estimate of drug-likeness (QED) is 0.644.